The van der Waals surface area contributed by atoms with Crippen molar-refractivity contribution < 1.29 is 17.9 Å². The molecule has 1 atom stereocenters. The molecule has 0 saturated carbocycles. The predicted octanol–water partition coefficient (Wildman–Crippen LogP) is 5.54. The van der Waals surface area contributed by atoms with E-state index in [1.54, 1.807) is 40.6 Å². The van der Waals surface area contributed by atoms with E-state index in [2.05, 4.69) is 11.1 Å². The van der Waals surface area contributed by atoms with E-state index in [-0.39, 0.29) is 29.9 Å². The number of sulfonamides is 1. The molecule has 3 heterocycles. The predicted molar refractivity (Wildman–Crippen MR) is 155 cm³/mol. The number of ether oxygens (including phenoxy) is 1. The molecular weight excluding hydrogens is 554 g/mol. The number of halogens is 1. The van der Waals surface area contributed by atoms with Crippen LogP contribution in [-0.4, -0.2) is 61.4 Å². The topological polar surface area (TPSA) is 79.8 Å². The number of amides is 1. The van der Waals surface area contributed by atoms with Crippen molar-refractivity contribution in [2.75, 3.05) is 32.8 Å². The van der Waals surface area contributed by atoms with Gasteiger partial charge in [-0.25, -0.2) is 8.42 Å². The highest BCUT2D eigenvalue weighted by molar-refractivity contribution is 7.89. The summed E-state index contributed by atoms with van der Waals surface area (Å²) in [5.74, 6) is -0.250. The Balaban J connectivity index is 1.48. The molecule has 4 aromatic rings. The monoisotopic (exact) mass is 583 g/mol. The van der Waals surface area contributed by atoms with Gasteiger partial charge in [-0.05, 0) is 66.6 Å². The van der Waals surface area contributed by atoms with Crippen molar-refractivity contribution in [2.45, 2.75) is 30.7 Å². The number of rotatable bonds is 10. The molecule has 1 aliphatic heterocycles. The Labute approximate surface area is 238 Å². The SMILES string of the molecule is CCOCCCN(CC(=O)N1CCc2sccc2C1c1ccc(Cl)cc1)S(=O)(=O)c1cccc2cccnc12. The highest BCUT2D eigenvalue weighted by Gasteiger charge is 2.36. The van der Waals surface area contributed by atoms with Crippen molar-refractivity contribution in [3.05, 3.63) is 93.3 Å². The van der Waals surface area contributed by atoms with Crippen LogP contribution in [0.25, 0.3) is 10.9 Å². The van der Waals surface area contributed by atoms with Crippen LogP contribution >= 0.6 is 22.9 Å². The van der Waals surface area contributed by atoms with E-state index in [0.717, 1.165) is 22.9 Å². The Morgan fingerprint density at radius 1 is 1.15 bits per heavy atom. The fourth-order valence-electron chi connectivity index (χ4n) is 5.03. The van der Waals surface area contributed by atoms with Crippen LogP contribution in [0.2, 0.25) is 5.02 Å². The molecule has 1 amide bonds. The first-order chi connectivity index (χ1) is 18.9. The molecule has 5 rings (SSSR count). The summed E-state index contributed by atoms with van der Waals surface area (Å²) in [5.41, 5.74) is 2.41. The lowest BCUT2D eigenvalue weighted by Crippen LogP contribution is -2.47. The average Bonchev–Trinajstić information content (AvgIpc) is 3.43. The van der Waals surface area contributed by atoms with Gasteiger partial charge in [-0.3, -0.25) is 9.78 Å². The zero-order chi connectivity index (χ0) is 27.4. The van der Waals surface area contributed by atoms with Gasteiger partial charge in [0.1, 0.15) is 4.90 Å². The van der Waals surface area contributed by atoms with Gasteiger partial charge in [-0.15, -0.1) is 11.3 Å². The normalized spacial score (nSPS) is 15.6. The third-order valence-electron chi connectivity index (χ3n) is 6.90. The van der Waals surface area contributed by atoms with Crippen molar-refractivity contribution in [1.82, 2.24) is 14.2 Å². The lowest BCUT2D eigenvalue weighted by molar-refractivity contribution is -0.133. The van der Waals surface area contributed by atoms with Crippen molar-refractivity contribution >= 4 is 49.8 Å². The molecule has 204 valence electrons. The van der Waals surface area contributed by atoms with Crippen LogP contribution in [0.15, 0.2) is 77.1 Å². The first-order valence-corrected chi connectivity index (χ1v) is 15.6. The lowest BCUT2D eigenvalue weighted by Gasteiger charge is -2.37. The van der Waals surface area contributed by atoms with Gasteiger partial charge in [0.05, 0.1) is 18.1 Å². The number of nitrogens with zero attached hydrogens (tertiary/aromatic N) is 3. The Kier molecular flexibility index (Phi) is 8.64. The minimum Gasteiger partial charge on any atom is -0.382 e. The Hall–Kier alpha value is -2.82. The van der Waals surface area contributed by atoms with Crippen LogP contribution < -0.4 is 0 Å². The van der Waals surface area contributed by atoms with Crippen LogP contribution in [0, 0.1) is 0 Å². The Bertz CT molecular complexity index is 1550. The van der Waals surface area contributed by atoms with E-state index >= 15 is 0 Å². The molecule has 10 heteroatoms. The number of fused-ring (bicyclic) bond motifs is 2. The molecule has 1 unspecified atom stereocenters. The van der Waals surface area contributed by atoms with E-state index in [9.17, 15) is 13.2 Å². The molecule has 7 nitrogen and oxygen atoms in total. The second-order valence-electron chi connectivity index (χ2n) is 9.31. The quantitative estimate of drug-likeness (QED) is 0.229. The fraction of sp³-hybridized carbons (Fsp3) is 0.310. The summed E-state index contributed by atoms with van der Waals surface area (Å²) >= 11 is 7.83. The van der Waals surface area contributed by atoms with Gasteiger partial charge >= 0.3 is 0 Å². The number of thiophene rings is 1. The third kappa shape index (κ3) is 5.88. The van der Waals surface area contributed by atoms with Gasteiger partial charge in [0.15, 0.2) is 0 Å². The van der Waals surface area contributed by atoms with Gasteiger partial charge in [-0.1, -0.05) is 41.9 Å². The average molecular weight is 584 g/mol. The van der Waals surface area contributed by atoms with Gasteiger partial charge in [-0.2, -0.15) is 4.31 Å². The molecule has 2 aromatic carbocycles. The van der Waals surface area contributed by atoms with E-state index < -0.39 is 10.0 Å². The molecule has 0 fully saturated rings. The van der Waals surface area contributed by atoms with Gasteiger partial charge in [0.2, 0.25) is 15.9 Å². The van der Waals surface area contributed by atoms with Crippen LogP contribution in [0.4, 0.5) is 0 Å². The summed E-state index contributed by atoms with van der Waals surface area (Å²) < 4.78 is 34.8. The maximum absolute atomic E-state index is 14.0. The molecule has 39 heavy (non-hydrogen) atoms. The summed E-state index contributed by atoms with van der Waals surface area (Å²) in [6, 6.07) is 17.9. The summed E-state index contributed by atoms with van der Waals surface area (Å²) in [7, 11) is -4.03. The van der Waals surface area contributed by atoms with E-state index in [0.29, 0.717) is 36.7 Å². The molecule has 0 saturated heterocycles. The fourth-order valence-corrected chi connectivity index (χ4v) is 7.65. The van der Waals surface area contributed by atoms with Crippen LogP contribution in [0.1, 0.15) is 35.4 Å². The molecule has 0 aliphatic carbocycles. The summed E-state index contributed by atoms with van der Waals surface area (Å²) in [5, 5.41) is 3.38. The molecule has 0 spiro atoms. The smallest absolute Gasteiger partial charge is 0.245 e. The molecule has 1 aliphatic rings. The van der Waals surface area contributed by atoms with Crippen molar-refractivity contribution in [2.24, 2.45) is 0 Å². The van der Waals surface area contributed by atoms with Gasteiger partial charge in [0.25, 0.3) is 0 Å². The molecule has 2 aromatic heterocycles. The van der Waals surface area contributed by atoms with Crippen molar-refractivity contribution in [3.63, 3.8) is 0 Å². The third-order valence-corrected chi connectivity index (χ3v) is 10.0. The number of carbonyl (C=O) groups is 1. The number of benzene rings is 2. The molecule has 0 bridgehead atoms. The largest absolute Gasteiger partial charge is 0.382 e. The number of para-hydroxylation sites is 1. The molecular formula is C29H30ClN3O4S2. The minimum atomic E-state index is -4.03. The highest BCUT2D eigenvalue weighted by Crippen LogP contribution is 2.38. The standard InChI is InChI=1S/C29H30ClN3O4S2/c1-2-37-18-5-16-32(39(35,36)26-8-3-6-21-7-4-15-31-28(21)26)20-27(34)33-17-13-25-24(14-19-38-25)29(33)22-9-11-23(30)12-10-22/h3-4,6-12,14-15,19,29H,2,5,13,16-18,20H2,1H3. The highest BCUT2D eigenvalue weighted by atomic mass is 35.5. The van der Waals surface area contributed by atoms with Gasteiger partial charge in [0, 0.05) is 47.8 Å². The van der Waals surface area contributed by atoms with Crippen LogP contribution in [0.5, 0.6) is 0 Å². The number of hydrogen-bond acceptors (Lipinski definition) is 6. The first-order valence-electron chi connectivity index (χ1n) is 12.9. The molecule has 0 radical (unpaired) electrons. The second-order valence-corrected chi connectivity index (χ2v) is 12.7. The number of aromatic nitrogens is 1. The van der Waals surface area contributed by atoms with E-state index in [1.807, 2.05) is 48.7 Å². The number of carbonyl (C=O) groups excluding carboxylic acids is 1. The molecule has 0 N–H and O–H groups in total. The van der Waals surface area contributed by atoms with E-state index in [1.165, 1.54) is 9.18 Å². The van der Waals surface area contributed by atoms with Crippen molar-refractivity contribution in [1.29, 1.82) is 0 Å². The Morgan fingerprint density at radius 2 is 1.95 bits per heavy atom. The maximum atomic E-state index is 14.0. The van der Waals surface area contributed by atoms with Crippen molar-refractivity contribution in [3.8, 4) is 0 Å². The van der Waals surface area contributed by atoms with Crippen LogP contribution in [-0.2, 0) is 26.0 Å². The zero-order valence-corrected chi connectivity index (χ0v) is 24.0. The summed E-state index contributed by atoms with van der Waals surface area (Å²) in [4.78, 5) is 21.5. The lowest BCUT2D eigenvalue weighted by atomic mass is 9.93. The number of pyridine rings is 1. The second kappa shape index (κ2) is 12.1. The minimum absolute atomic E-state index is 0.0952. The Morgan fingerprint density at radius 3 is 2.74 bits per heavy atom. The summed E-state index contributed by atoms with van der Waals surface area (Å²) in [6.07, 6.45) is 2.77. The van der Waals surface area contributed by atoms with E-state index in [4.69, 9.17) is 16.3 Å². The maximum Gasteiger partial charge on any atom is 0.245 e. The zero-order valence-electron chi connectivity index (χ0n) is 21.6. The van der Waals surface area contributed by atoms with Gasteiger partial charge < -0.3 is 9.64 Å². The van der Waals surface area contributed by atoms with Crippen LogP contribution in [0.3, 0.4) is 0 Å². The number of hydrogen-bond donors (Lipinski definition) is 0. The summed E-state index contributed by atoms with van der Waals surface area (Å²) in [6.45, 7) is 3.22. The first kappa shape index (κ1) is 27.7.